The number of fused-ring (bicyclic) bond motifs is 1. The molecule has 1 aromatic heterocycles. The minimum absolute atomic E-state index is 0.105. The maximum atomic E-state index is 12.7. The van der Waals surface area contributed by atoms with Gasteiger partial charge in [0.25, 0.3) is 10.0 Å². The fourth-order valence-corrected chi connectivity index (χ4v) is 5.88. The summed E-state index contributed by atoms with van der Waals surface area (Å²) in [5, 5.41) is 18.3. The van der Waals surface area contributed by atoms with Crippen molar-refractivity contribution in [3.05, 3.63) is 90.6 Å². The molecule has 3 aromatic carbocycles. The number of carbonyl (C=O) groups excluding carboxylic acids is 1. The molecule has 9 nitrogen and oxygen atoms in total. The fraction of sp³-hybridized carbons (Fsp3) is 0.364. The topological polar surface area (TPSA) is 138 Å². The Bertz CT molecular complexity index is 1640. The Morgan fingerprint density at radius 2 is 1.74 bits per heavy atom. The zero-order chi connectivity index (χ0) is 31.2. The molecule has 0 fully saturated rings. The van der Waals surface area contributed by atoms with Gasteiger partial charge in [0.05, 0.1) is 17.0 Å². The van der Waals surface area contributed by atoms with Gasteiger partial charge in [0.2, 0.25) is 5.91 Å². The molecule has 43 heavy (non-hydrogen) atoms. The molecule has 0 aliphatic carbocycles. The predicted octanol–water partition coefficient (Wildman–Crippen LogP) is 5.25. The van der Waals surface area contributed by atoms with Gasteiger partial charge in [-0.1, -0.05) is 50.6 Å². The molecular formula is C33H43N5O4S. The number of benzene rings is 3. The van der Waals surface area contributed by atoms with Gasteiger partial charge in [-0.05, 0) is 80.3 Å². The standard InChI is InChI=1S/C33H43N5O4S/c1-5-23(2)31(34)32(40)36-26-14-15-29-24(20-26)16-18-38(29)19-17-33(3,4)35-22-30(39)25-10-9-11-27(21-25)37-43(41,42)28-12-7-6-8-13-28/h6-16,18,20-21,23,30-31,35,37,39H,5,17,19,22,34H2,1-4H3,(H,36,40)/t23?,30-,31-/m0/s1. The third-order valence-corrected chi connectivity index (χ3v) is 9.32. The van der Waals surface area contributed by atoms with E-state index in [0.717, 1.165) is 36.0 Å². The molecule has 0 spiro atoms. The minimum atomic E-state index is -3.72. The van der Waals surface area contributed by atoms with Crippen LogP contribution in [-0.4, -0.2) is 42.1 Å². The number of carbonyl (C=O) groups is 1. The van der Waals surface area contributed by atoms with Crippen LogP contribution in [0.1, 0.15) is 52.2 Å². The Morgan fingerprint density at radius 3 is 2.47 bits per heavy atom. The second-order valence-electron chi connectivity index (χ2n) is 11.8. The van der Waals surface area contributed by atoms with Crippen LogP contribution in [-0.2, 0) is 21.4 Å². The van der Waals surface area contributed by atoms with Gasteiger partial charge in [0.15, 0.2) is 0 Å². The van der Waals surface area contributed by atoms with Gasteiger partial charge < -0.3 is 26.0 Å². The van der Waals surface area contributed by atoms with Crippen LogP contribution in [0, 0.1) is 5.92 Å². The lowest BCUT2D eigenvalue weighted by Crippen LogP contribution is -2.42. The highest BCUT2D eigenvalue weighted by Gasteiger charge is 2.22. The quantitative estimate of drug-likeness (QED) is 0.133. The van der Waals surface area contributed by atoms with Crippen LogP contribution < -0.4 is 21.1 Å². The molecule has 6 N–H and O–H groups in total. The Balaban J connectivity index is 1.32. The first kappa shape index (κ1) is 32.2. The summed E-state index contributed by atoms with van der Waals surface area (Å²) in [7, 11) is -3.72. The van der Waals surface area contributed by atoms with Crippen LogP contribution in [0.5, 0.6) is 0 Å². The number of anilines is 2. The average molecular weight is 606 g/mol. The predicted molar refractivity (Wildman–Crippen MR) is 173 cm³/mol. The van der Waals surface area contributed by atoms with Crippen molar-refractivity contribution in [2.75, 3.05) is 16.6 Å². The summed E-state index contributed by atoms with van der Waals surface area (Å²) in [6, 6.07) is 22.3. The largest absolute Gasteiger partial charge is 0.387 e. The lowest BCUT2D eigenvalue weighted by atomic mass is 9.99. The second kappa shape index (κ2) is 13.7. The fourth-order valence-electron chi connectivity index (χ4n) is 4.81. The number of nitrogens with two attached hydrogens (primary N) is 1. The van der Waals surface area contributed by atoms with Crippen molar-refractivity contribution < 1.29 is 18.3 Å². The van der Waals surface area contributed by atoms with Crippen molar-refractivity contribution in [2.45, 2.75) is 69.7 Å². The Morgan fingerprint density at radius 1 is 1.00 bits per heavy atom. The van der Waals surface area contributed by atoms with Crippen molar-refractivity contribution in [3.8, 4) is 0 Å². The monoisotopic (exact) mass is 605 g/mol. The highest BCUT2D eigenvalue weighted by molar-refractivity contribution is 7.92. The Hall–Kier alpha value is -3.70. The normalized spacial score (nSPS) is 14.3. The summed E-state index contributed by atoms with van der Waals surface area (Å²) in [6.07, 6.45) is 2.85. The first-order valence-electron chi connectivity index (χ1n) is 14.6. The van der Waals surface area contributed by atoms with E-state index in [9.17, 15) is 18.3 Å². The number of aryl methyl sites for hydroxylation is 1. The molecule has 0 bridgehead atoms. The van der Waals surface area contributed by atoms with E-state index in [1.54, 1.807) is 42.5 Å². The van der Waals surface area contributed by atoms with Gasteiger partial charge in [-0.2, -0.15) is 0 Å². The van der Waals surface area contributed by atoms with Crippen LogP contribution in [0.15, 0.2) is 90.0 Å². The number of β-amino-alcohol motifs (C(OH)–C–C–N with tert-alkyl or cyclic N) is 1. The van der Waals surface area contributed by atoms with E-state index in [-0.39, 0.29) is 22.3 Å². The molecule has 0 aliphatic rings. The summed E-state index contributed by atoms with van der Waals surface area (Å²) in [5.74, 6) is -0.0721. The Kier molecular flexibility index (Phi) is 10.3. The highest BCUT2D eigenvalue weighted by atomic mass is 32.2. The van der Waals surface area contributed by atoms with E-state index in [1.165, 1.54) is 12.1 Å². The molecule has 3 atom stereocenters. The van der Waals surface area contributed by atoms with E-state index >= 15 is 0 Å². The zero-order valence-electron chi connectivity index (χ0n) is 25.2. The van der Waals surface area contributed by atoms with Crippen LogP contribution in [0.2, 0.25) is 0 Å². The van der Waals surface area contributed by atoms with Gasteiger partial charge in [0, 0.05) is 47.1 Å². The van der Waals surface area contributed by atoms with E-state index in [0.29, 0.717) is 17.8 Å². The van der Waals surface area contributed by atoms with Gasteiger partial charge in [-0.15, -0.1) is 0 Å². The molecule has 4 aromatic rings. The first-order chi connectivity index (χ1) is 20.4. The van der Waals surface area contributed by atoms with Crippen LogP contribution in [0.25, 0.3) is 10.9 Å². The number of nitrogens with one attached hydrogen (secondary N) is 3. The van der Waals surface area contributed by atoms with E-state index in [2.05, 4.69) is 33.8 Å². The number of aromatic nitrogens is 1. The lowest BCUT2D eigenvalue weighted by Gasteiger charge is -2.28. The SMILES string of the molecule is CCC(C)[C@H](N)C(=O)Nc1ccc2c(ccn2CCC(C)(C)NC[C@H](O)c2cccc(NS(=O)(=O)c3ccccc3)c2)c1. The maximum Gasteiger partial charge on any atom is 0.261 e. The summed E-state index contributed by atoms with van der Waals surface area (Å²) < 4.78 is 30.2. The van der Waals surface area contributed by atoms with Gasteiger partial charge in [-0.3, -0.25) is 9.52 Å². The van der Waals surface area contributed by atoms with Crippen molar-refractivity contribution in [2.24, 2.45) is 11.7 Å². The summed E-state index contributed by atoms with van der Waals surface area (Å²) in [5.41, 5.74) is 8.58. The number of hydrogen-bond acceptors (Lipinski definition) is 6. The number of hydrogen-bond donors (Lipinski definition) is 5. The summed E-state index contributed by atoms with van der Waals surface area (Å²) in [4.78, 5) is 12.7. The van der Waals surface area contributed by atoms with Gasteiger partial charge in [-0.25, -0.2) is 8.42 Å². The van der Waals surface area contributed by atoms with Crippen LogP contribution >= 0.6 is 0 Å². The molecule has 0 saturated carbocycles. The summed E-state index contributed by atoms with van der Waals surface area (Å²) >= 11 is 0. The molecule has 1 amide bonds. The van der Waals surface area contributed by atoms with Gasteiger partial charge >= 0.3 is 0 Å². The van der Waals surface area contributed by atoms with Crippen molar-refractivity contribution in [3.63, 3.8) is 0 Å². The third kappa shape index (κ3) is 8.45. The molecule has 0 saturated heterocycles. The molecule has 1 unspecified atom stereocenters. The van der Waals surface area contributed by atoms with Crippen LogP contribution in [0.3, 0.4) is 0 Å². The lowest BCUT2D eigenvalue weighted by molar-refractivity contribution is -0.118. The smallest absolute Gasteiger partial charge is 0.261 e. The van der Waals surface area contributed by atoms with E-state index < -0.39 is 22.2 Å². The van der Waals surface area contributed by atoms with Gasteiger partial charge in [0.1, 0.15) is 0 Å². The number of nitrogens with zero attached hydrogens (tertiary/aromatic N) is 1. The Labute approximate surface area is 254 Å². The zero-order valence-corrected chi connectivity index (χ0v) is 26.1. The molecule has 230 valence electrons. The number of aliphatic hydroxyl groups is 1. The summed E-state index contributed by atoms with van der Waals surface area (Å²) in [6.45, 7) is 9.22. The van der Waals surface area contributed by atoms with E-state index in [4.69, 9.17) is 5.73 Å². The van der Waals surface area contributed by atoms with Crippen LogP contribution in [0.4, 0.5) is 11.4 Å². The number of amides is 1. The number of aliphatic hydroxyl groups excluding tert-OH is 1. The average Bonchev–Trinajstić information content (AvgIpc) is 3.40. The first-order valence-corrected chi connectivity index (χ1v) is 16.1. The molecule has 10 heteroatoms. The highest BCUT2D eigenvalue weighted by Crippen LogP contribution is 2.24. The van der Waals surface area contributed by atoms with E-state index in [1.807, 2.05) is 44.3 Å². The number of sulfonamides is 1. The van der Waals surface area contributed by atoms with Crippen molar-refractivity contribution >= 4 is 38.2 Å². The van der Waals surface area contributed by atoms with Crippen molar-refractivity contribution in [1.82, 2.24) is 9.88 Å². The number of rotatable bonds is 14. The molecule has 0 aliphatic heterocycles. The molecule has 1 heterocycles. The van der Waals surface area contributed by atoms with Crippen molar-refractivity contribution in [1.29, 1.82) is 0 Å². The molecular weight excluding hydrogens is 562 g/mol. The molecule has 4 rings (SSSR count). The third-order valence-electron chi connectivity index (χ3n) is 7.93. The minimum Gasteiger partial charge on any atom is -0.387 e. The second-order valence-corrected chi connectivity index (χ2v) is 13.4. The molecule has 0 radical (unpaired) electrons. The maximum absolute atomic E-state index is 12.7.